The minimum absolute atomic E-state index is 0.659. The van der Waals surface area contributed by atoms with Crippen LogP contribution < -0.4 is 4.74 Å². The summed E-state index contributed by atoms with van der Waals surface area (Å²) in [6.45, 7) is 5.00. The monoisotopic (exact) mass is 263 g/mol. The van der Waals surface area contributed by atoms with Crippen LogP contribution in [0.3, 0.4) is 0 Å². The fourth-order valence-corrected chi connectivity index (χ4v) is 2.15. The van der Waals surface area contributed by atoms with Gasteiger partial charge in [0.05, 0.1) is 7.11 Å². The second-order valence-electron chi connectivity index (χ2n) is 4.19. The summed E-state index contributed by atoms with van der Waals surface area (Å²) in [6.07, 6.45) is 1.02. The number of aromatic nitrogens is 3. The van der Waals surface area contributed by atoms with Gasteiger partial charge in [0.2, 0.25) is 0 Å². The van der Waals surface area contributed by atoms with Crippen molar-refractivity contribution in [2.24, 2.45) is 0 Å². The highest BCUT2D eigenvalue weighted by atomic mass is 32.1. The Morgan fingerprint density at radius 1 is 1.44 bits per heavy atom. The van der Waals surface area contributed by atoms with E-state index in [1.165, 1.54) is 0 Å². The molecule has 0 saturated heterocycles. The van der Waals surface area contributed by atoms with Crippen LogP contribution in [0.25, 0.3) is 11.4 Å². The zero-order chi connectivity index (χ0) is 13.1. The molecular weight excluding hydrogens is 246 g/mol. The Morgan fingerprint density at radius 2 is 2.22 bits per heavy atom. The number of nitrogens with one attached hydrogen (secondary N) is 1. The molecule has 2 aromatic rings. The molecule has 0 fully saturated rings. The molecule has 1 N–H and O–H groups in total. The summed E-state index contributed by atoms with van der Waals surface area (Å²) in [5.41, 5.74) is 2.12. The Hall–Kier alpha value is -1.62. The molecule has 0 aliphatic carbocycles. The molecule has 0 bridgehead atoms. The largest absolute Gasteiger partial charge is 0.496 e. The third-order valence-corrected chi connectivity index (χ3v) is 3.18. The van der Waals surface area contributed by atoms with E-state index >= 15 is 0 Å². The van der Waals surface area contributed by atoms with E-state index in [1.807, 2.05) is 29.7 Å². The van der Waals surface area contributed by atoms with E-state index in [0.717, 1.165) is 35.7 Å². The van der Waals surface area contributed by atoms with Gasteiger partial charge in [0.15, 0.2) is 10.6 Å². The first-order chi connectivity index (χ1) is 8.67. The topological polar surface area (TPSA) is 42.8 Å². The van der Waals surface area contributed by atoms with Crippen LogP contribution in [0.5, 0.6) is 5.75 Å². The lowest BCUT2D eigenvalue weighted by atomic mass is 10.1. The Balaban J connectivity index is 2.51. The van der Waals surface area contributed by atoms with Crippen LogP contribution in [0.15, 0.2) is 18.2 Å². The number of aromatic amines is 1. The van der Waals surface area contributed by atoms with E-state index in [4.69, 9.17) is 17.0 Å². The molecule has 18 heavy (non-hydrogen) atoms. The van der Waals surface area contributed by atoms with Crippen molar-refractivity contribution in [1.82, 2.24) is 14.8 Å². The third-order valence-electron chi connectivity index (χ3n) is 2.87. The summed E-state index contributed by atoms with van der Waals surface area (Å²) in [6, 6.07) is 6.06. The van der Waals surface area contributed by atoms with Crippen molar-refractivity contribution in [3.63, 3.8) is 0 Å². The van der Waals surface area contributed by atoms with Gasteiger partial charge < -0.3 is 9.30 Å². The average Bonchev–Trinajstić information content (AvgIpc) is 2.73. The molecule has 0 spiro atoms. The maximum Gasteiger partial charge on any atom is 0.195 e. The molecular formula is C13H17N3OS. The number of H-pyrrole nitrogens is 1. The van der Waals surface area contributed by atoms with Gasteiger partial charge in [-0.2, -0.15) is 5.10 Å². The quantitative estimate of drug-likeness (QED) is 0.860. The number of methoxy groups -OCH3 is 1. The highest BCUT2D eigenvalue weighted by Crippen LogP contribution is 2.25. The zero-order valence-corrected chi connectivity index (χ0v) is 11.7. The van der Waals surface area contributed by atoms with Gasteiger partial charge in [-0.3, -0.25) is 5.10 Å². The molecule has 96 valence electrons. The number of aryl methyl sites for hydroxylation is 1. The number of nitrogens with zero attached hydrogens (tertiary/aromatic N) is 2. The SMILES string of the molecule is CCCn1c(-c2ccc(C)c(OC)c2)n[nH]c1=S. The lowest BCUT2D eigenvalue weighted by Gasteiger charge is -2.08. The predicted octanol–water partition coefficient (Wildman–Crippen LogP) is 3.33. The van der Waals surface area contributed by atoms with Crippen LogP contribution in [0.4, 0.5) is 0 Å². The lowest BCUT2D eigenvalue weighted by molar-refractivity contribution is 0.412. The van der Waals surface area contributed by atoms with Crippen LogP contribution in [0, 0.1) is 11.7 Å². The highest BCUT2D eigenvalue weighted by molar-refractivity contribution is 7.71. The van der Waals surface area contributed by atoms with Crippen molar-refractivity contribution in [3.05, 3.63) is 28.5 Å². The predicted molar refractivity (Wildman–Crippen MR) is 74.4 cm³/mol. The van der Waals surface area contributed by atoms with Gasteiger partial charge in [0.25, 0.3) is 0 Å². The van der Waals surface area contributed by atoms with E-state index in [1.54, 1.807) is 7.11 Å². The number of hydrogen-bond donors (Lipinski definition) is 1. The first kappa shape index (κ1) is 12.8. The summed E-state index contributed by atoms with van der Waals surface area (Å²) >= 11 is 5.24. The second-order valence-corrected chi connectivity index (χ2v) is 4.58. The fraction of sp³-hybridized carbons (Fsp3) is 0.385. The minimum Gasteiger partial charge on any atom is -0.496 e. The molecule has 0 amide bonds. The van der Waals surface area contributed by atoms with Crippen LogP contribution in [-0.2, 0) is 6.54 Å². The molecule has 1 heterocycles. The maximum absolute atomic E-state index is 5.34. The standard InChI is InChI=1S/C13H17N3OS/c1-4-7-16-12(14-15-13(16)18)10-6-5-9(2)11(8-10)17-3/h5-6,8H,4,7H2,1-3H3,(H,15,18). The second kappa shape index (κ2) is 5.35. The smallest absolute Gasteiger partial charge is 0.195 e. The van der Waals surface area contributed by atoms with E-state index < -0.39 is 0 Å². The molecule has 1 aromatic carbocycles. The van der Waals surface area contributed by atoms with Gasteiger partial charge >= 0.3 is 0 Å². The summed E-state index contributed by atoms with van der Waals surface area (Å²) in [5.74, 6) is 1.73. The molecule has 0 aliphatic heterocycles. The van der Waals surface area contributed by atoms with Crippen LogP contribution >= 0.6 is 12.2 Å². The van der Waals surface area contributed by atoms with Crippen molar-refractivity contribution >= 4 is 12.2 Å². The Bertz CT molecular complexity index is 601. The summed E-state index contributed by atoms with van der Waals surface area (Å²) < 4.78 is 8.01. The van der Waals surface area contributed by atoms with Gasteiger partial charge in [0, 0.05) is 12.1 Å². The average molecular weight is 263 g/mol. The highest BCUT2D eigenvalue weighted by Gasteiger charge is 2.10. The minimum atomic E-state index is 0.659. The maximum atomic E-state index is 5.34. The first-order valence-electron chi connectivity index (χ1n) is 5.97. The van der Waals surface area contributed by atoms with Crippen molar-refractivity contribution in [3.8, 4) is 17.1 Å². The number of rotatable bonds is 4. The normalized spacial score (nSPS) is 10.6. The summed E-state index contributed by atoms with van der Waals surface area (Å²) in [5, 5.41) is 7.15. The van der Waals surface area contributed by atoms with Gasteiger partial charge in [-0.05, 0) is 37.2 Å². The van der Waals surface area contributed by atoms with E-state index in [-0.39, 0.29) is 0 Å². The van der Waals surface area contributed by atoms with Crippen molar-refractivity contribution in [2.75, 3.05) is 7.11 Å². The van der Waals surface area contributed by atoms with E-state index in [9.17, 15) is 0 Å². The Morgan fingerprint density at radius 3 is 2.89 bits per heavy atom. The van der Waals surface area contributed by atoms with Gasteiger partial charge in [-0.15, -0.1) is 0 Å². The summed E-state index contributed by atoms with van der Waals surface area (Å²) in [4.78, 5) is 0. The molecule has 1 aromatic heterocycles. The fourth-order valence-electron chi connectivity index (χ4n) is 1.93. The number of ether oxygens (including phenoxy) is 1. The number of hydrogen-bond acceptors (Lipinski definition) is 3. The Labute approximate surface area is 112 Å². The van der Waals surface area contributed by atoms with Gasteiger partial charge in [-0.1, -0.05) is 19.1 Å². The zero-order valence-electron chi connectivity index (χ0n) is 10.9. The van der Waals surface area contributed by atoms with Crippen LogP contribution in [-0.4, -0.2) is 21.9 Å². The van der Waals surface area contributed by atoms with Crippen LogP contribution in [0.1, 0.15) is 18.9 Å². The number of benzene rings is 1. The molecule has 0 radical (unpaired) electrons. The van der Waals surface area contributed by atoms with Crippen molar-refractivity contribution in [2.45, 2.75) is 26.8 Å². The molecule has 5 heteroatoms. The molecule has 0 aliphatic rings. The van der Waals surface area contributed by atoms with Crippen molar-refractivity contribution < 1.29 is 4.74 Å². The van der Waals surface area contributed by atoms with Gasteiger partial charge in [-0.25, -0.2) is 0 Å². The first-order valence-corrected chi connectivity index (χ1v) is 6.38. The molecule has 0 unspecified atom stereocenters. The van der Waals surface area contributed by atoms with Crippen LogP contribution in [0.2, 0.25) is 0 Å². The molecule has 0 atom stereocenters. The lowest BCUT2D eigenvalue weighted by Crippen LogP contribution is -2.00. The summed E-state index contributed by atoms with van der Waals surface area (Å²) in [7, 11) is 1.68. The van der Waals surface area contributed by atoms with Crippen molar-refractivity contribution in [1.29, 1.82) is 0 Å². The Kier molecular flexibility index (Phi) is 3.81. The molecule has 0 saturated carbocycles. The van der Waals surface area contributed by atoms with Gasteiger partial charge in [0.1, 0.15) is 5.75 Å². The third kappa shape index (κ3) is 2.31. The van der Waals surface area contributed by atoms with E-state index in [0.29, 0.717) is 4.77 Å². The molecule has 2 rings (SSSR count). The molecule has 4 nitrogen and oxygen atoms in total. The van der Waals surface area contributed by atoms with E-state index in [2.05, 4.69) is 17.1 Å².